The van der Waals surface area contributed by atoms with Gasteiger partial charge in [0.1, 0.15) is 0 Å². The molecule has 2 unspecified atom stereocenters. The summed E-state index contributed by atoms with van der Waals surface area (Å²) in [5.41, 5.74) is 0. The lowest BCUT2D eigenvalue weighted by Gasteiger charge is -2.14. The summed E-state index contributed by atoms with van der Waals surface area (Å²) in [5, 5.41) is 0. The number of ether oxygens (including phenoxy) is 2. The quantitative estimate of drug-likeness (QED) is 0.354. The molecule has 0 spiro atoms. The maximum Gasteiger partial charge on any atom is 0.305 e. The molecule has 88 valence electrons. The number of hydrogen-bond acceptors (Lipinski definition) is 3. The van der Waals surface area contributed by atoms with E-state index in [4.69, 9.17) is 9.47 Å². The highest BCUT2D eigenvalue weighted by molar-refractivity contribution is 5.68. The molecule has 0 aromatic rings. The first-order chi connectivity index (χ1) is 7.27. The van der Waals surface area contributed by atoms with Crippen LogP contribution >= 0.6 is 0 Å². The van der Waals surface area contributed by atoms with E-state index in [9.17, 15) is 4.79 Å². The third kappa shape index (κ3) is 5.17. The Morgan fingerprint density at radius 2 is 2.20 bits per heavy atom. The van der Waals surface area contributed by atoms with Crippen LogP contribution < -0.4 is 0 Å². The Morgan fingerprint density at radius 3 is 2.73 bits per heavy atom. The van der Waals surface area contributed by atoms with Gasteiger partial charge >= 0.3 is 5.97 Å². The molecule has 0 saturated carbocycles. The van der Waals surface area contributed by atoms with Gasteiger partial charge in [0.25, 0.3) is 0 Å². The minimum atomic E-state index is -0.101. The van der Waals surface area contributed by atoms with Gasteiger partial charge in [0.15, 0.2) is 0 Å². The van der Waals surface area contributed by atoms with Gasteiger partial charge in [-0.2, -0.15) is 0 Å². The fourth-order valence-electron chi connectivity index (χ4n) is 1.66. The number of unbranched alkanes of at least 4 members (excludes halogenated alkanes) is 2. The Hall–Kier alpha value is -0.570. The van der Waals surface area contributed by atoms with E-state index in [0.717, 1.165) is 13.0 Å². The smallest absolute Gasteiger partial charge is 0.305 e. The molecular formula is C12H22O3. The summed E-state index contributed by atoms with van der Waals surface area (Å²) in [6, 6.07) is 0. The summed E-state index contributed by atoms with van der Waals surface area (Å²) in [6.45, 7) is 5.41. The van der Waals surface area contributed by atoms with Gasteiger partial charge in [-0.15, -0.1) is 0 Å². The molecule has 1 saturated heterocycles. The first kappa shape index (κ1) is 12.5. The average Bonchev–Trinajstić information content (AvgIpc) is 3.06. The Morgan fingerprint density at radius 1 is 1.47 bits per heavy atom. The molecule has 1 rings (SSSR count). The molecule has 2 atom stereocenters. The molecule has 0 bridgehead atoms. The zero-order valence-corrected chi connectivity index (χ0v) is 9.83. The molecule has 1 fully saturated rings. The van der Waals surface area contributed by atoms with Crippen LogP contribution in [0, 0.1) is 5.92 Å². The van der Waals surface area contributed by atoms with Gasteiger partial charge in [0.2, 0.25) is 0 Å². The van der Waals surface area contributed by atoms with Gasteiger partial charge in [-0.1, -0.05) is 33.1 Å². The molecule has 15 heavy (non-hydrogen) atoms. The van der Waals surface area contributed by atoms with Crippen LogP contribution in [0.1, 0.15) is 46.0 Å². The van der Waals surface area contributed by atoms with Crippen molar-refractivity contribution in [3.8, 4) is 0 Å². The van der Waals surface area contributed by atoms with E-state index in [1.54, 1.807) is 0 Å². The monoisotopic (exact) mass is 214 g/mol. The van der Waals surface area contributed by atoms with Gasteiger partial charge in [-0.3, -0.25) is 4.79 Å². The molecule has 1 aliphatic rings. The van der Waals surface area contributed by atoms with Crippen molar-refractivity contribution in [3.05, 3.63) is 0 Å². The van der Waals surface area contributed by atoms with Gasteiger partial charge in [0, 0.05) is 12.3 Å². The van der Waals surface area contributed by atoms with Crippen molar-refractivity contribution >= 4 is 5.97 Å². The number of hydrogen-bond donors (Lipinski definition) is 0. The van der Waals surface area contributed by atoms with Gasteiger partial charge in [-0.05, 0) is 6.42 Å². The molecule has 0 radical (unpaired) electrons. The summed E-state index contributed by atoms with van der Waals surface area (Å²) in [6.07, 6.45) is 5.64. The highest BCUT2D eigenvalue weighted by Crippen LogP contribution is 2.25. The minimum Gasteiger partial charge on any atom is -0.465 e. The number of carbonyl (C=O) groups is 1. The zero-order chi connectivity index (χ0) is 11.1. The largest absolute Gasteiger partial charge is 0.465 e. The summed E-state index contributed by atoms with van der Waals surface area (Å²) in [5.74, 6) is 0.322. The van der Waals surface area contributed by atoms with Crippen molar-refractivity contribution in [2.24, 2.45) is 5.92 Å². The van der Waals surface area contributed by atoms with Crippen LogP contribution in [0.5, 0.6) is 0 Å². The van der Waals surface area contributed by atoms with Crippen LogP contribution in [0.2, 0.25) is 0 Å². The minimum absolute atomic E-state index is 0.101. The molecule has 3 nitrogen and oxygen atoms in total. The van der Waals surface area contributed by atoms with E-state index in [0.29, 0.717) is 25.0 Å². The van der Waals surface area contributed by atoms with Crippen molar-refractivity contribution in [1.82, 2.24) is 0 Å². The zero-order valence-electron chi connectivity index (χ0n) is 9.83. The van der Waals surface area contributed by atoms with E-state index in [1.807, 2.05) is 6.92 Å². The molecule has 1 aliphatic heterocycles. The Bertz CT molecular complexity index is 187. The predicted molar refractivity (Wildman–Crippen MR) is 58.6 cm³/mol. The lowest BCUT2D eigenvalue weighted by Crippen LogP contribution is -2.18. The second kappa shape index (κ2) is 6.83. The summed E-state index contributed by atoms with van der Waals surface area (Å²) < 4.78 is 10.4. The number of rotatable bonds is 8. The first-order valence-corrected chi connectivity index (χ1v) is 6.05. The van der Waals surface area contributed by atoms with Crippen LogP contribution in [0.3, 0.4) is 0 Å². The Labute approximate surface area is 92.1 Å². The maximum atomic E-state index is 11.0. The van der Waals surface area contributed by atoms with E-state index in [1.165, 1.54) is 19.3 Å². The van der Waals surface area contributed by atoms with Crippen LogP contribution in [-0.4, -0.2) is 25.3 Å². The molecule has 1 heterocycles. The second-order valence-corrected chi connectivity index (χ2v) is 4.16. The van der Waals surface area contributed by atoms with Gasteiger partial charge < -0.3 is 9.47 Å². The molecular weight excluding hydrogens is 192 g/mol. The first-order valence-electron chi connectivity index (χ1n) is 6.05. The van der Waals surface area contributed by atoms with Crippen molar-refractivity contribution in [2.45, 2.75) is 52.1 Å². The predicted octanol–water partition coefficient (Wildman–Crippen LogP) is 2.53. The van der Waals surface area contributed by atoms with Crippen molar-refractivity contribution in [2.75, 3.05) is 13.2 Å². The lowest BCUT2D eigenvalue weighted by molar-refractivity contribution is -0.144. The standard InChI is InChI=1S/C12H22O3/c1-3-5-6-7-10(11-9-14-11)8-15-12(13)4-2/h10-11H,3-9H2,1-2H3. The van der Waals surface area contributed by atoms with E-state index < -0.39 is 0 Å². The van der Waals surface area contributed by atoms with Crippen LogP contribution in [0.4, 0.5) is 0 Å². The highest BCUT2D eigenvalue weighted by atomic mass is 16.6. The molecule has 0 N–H and O–H groups in total. The fourth-order valence-corrected chi connectivity index (χ4v) is 1.66. The molecule has 0 amide bonds. The highest BCUT2D eigenvalue weighted by Gasteiger charge is 2.32. The van der Waals surface area contributed by atoms with Crippen molar-refractivity contribution in [3.63, 3.8) is 0 Å². The number of carbonyl (C=O) groups excluding carboxylic acids is 1. The number of esters is 1. The van der Waals surface area contributed by atoms with E-state index in [2.05, 4.69) is 6.92 Å². The van der Waals surface area contributed by atoms with E-state index >= 15 is 0 Å². The van der Waals surface area contributed by atoms with Crippen LogP contribution in [0.15, 0.2) is 0 Å². The van der Waals surface area contributed by atoms with Gasteiger partial charge in [-0.25, -0.2) is 0 Å². The summed E-state index contributed by atoms with van der Waals surface area (Å²) in [4.78, 5) is 11.0. The lowest BCUT2D eigenvalue weighted by atomic mass is 9.99. The summed E-state index contributed by atoms with van der Waals surface area (Å²) >= 11 is 0. The molecule has 0 aliphatic carbocycles. The maximum absolute atomic E-state index is 11.0. The SMILES string of the molecule is CCCCCC(COC(=O)CC)C1CO1. The molecule has 3 heteroatoms. The van der Waals surface area contributed by atoms with Gasteiger partial charge in [0.05, 0.1) is 19.3 Å². The van der Waals surface area contributed by atoms with Crippen LogP contribution in [-0.2, 0) is 14.3 Å². The summed E-state index contributed by atoms with van der Waals surface area (Å²) in [7, 11) is 0. The van der Waals surface area contributed by atoms with Crippen LogP contribution in [0.25, 0.3) is 0 Å². The third-order valence-corrected chi connectivity index (χ3v) is 2.81. The molecule has 0 aromatic carbocycles. The van der Waals surface area contributed by atoms with E-state index in [-0.39, 0.29) is 5.97 Å². The van der Waals surface area contributed by atoms with Crippen molar-refractivity contribution < 1.29 is 14.3 Å². The third-order valence-electron chi connectivity index (χ3n) is 2.81. The van der Waals surface area contributed by atoms with Crippen molar-refractivity contribution in [1.29, 1.82) is 0 Å². The average molecular weight is 214 g/mol. The topological polar surface area (TPSA) is 38.8 Å². The normalized spacial score (nSPS) is 21.1. The number of epoxide rings is 1. The molecule has 0 aromatic heterocycles. The Kier molecular flexibility index (Phi) is 5.69. The Balaban J connectivity index is 2.15. The second-order valence-electron chi connectivity index (χ2n) is 4.16. The fraction of sp³-hybridized carbons (Fsp3) is 0.917.